The number of hydrogen-bond acceptors (Lipinski definition) is 6. The van der Waals surface area contributed by atoms with Gasteiger partial charge in [0.1, 0.15) is 11.8 Å². The van der Waals surface area contributed by atoms with Gasteiger partial charge in [-0.25, -0.2) is 5.43 Å². The van der Waals surface area contributed by atoms with Gasteiger partial charge in [-0.2, -0.15) is 0 Å². The molecule has 3 N–H and O–H groups in total. The molecule has 0 saturated carbocycles. The van der Waals surface area contributed by atoms with Gasteiger partial charge in [-0.1, -0.05) is 86.9 Å². The van der Waals surface area contributed by atoms with E-state index in [1.807, 2.05) is 27.0 Å². The number of rotatable bonds is 17. The van der Waals surface area contributed by atoms with E-state index in [0.29, 0.717) is 6.54 Å². The van der Waals surface area contributed by atoms with Crippen LogP contribution in [0.2, 0.25) is 0 Å². The van der Waals surface area contributed by atoms with E-state index in [4.69, 9.17) is 9.72 Å². The molecule has 306 valence electrons. The first-order valence-corrected chi connectivity index (χ1v) is 21.1. The molecule has 1 fully saturated rings. The number of phenols is 1. The number of hydrogen-bond donors (Lipinski definition) is 3. The quantitative estimate of drug-likeness (QED) is 0.126. The zero-order valence-electron chi connectivity index (χ0n) is 36.4. The minimum Gasteiger partial charge on any atom is -0.508 e. The largest absolute Gasteiger partial charge is 0.508 e. The number of aromatic nitrogens is 1. The number of allylic oxidation sites excluding steroid dienone is 2. The lowest BCUT2D eigenvalue weighted by atomic mass is 9.74. The third-order valence-corrected chi connectivity index (χ3v) is 12.2. The molecule has 4 rings (SSSR count). The first-order chi connectivity index (χ1) is 26.5. The number of ether oxygens (including phenoxy) is 1. The molecule has 1 aromatic heterocycles. The number of aromatic hydroxyl groups is 1. The first-order valence-electron chi connectivity index (χ1n) is 21.1. The predicted molar refractivity (Wildman–Crippen MR) is 231 cm³/mol. The maximum atomic E-state index is 13.9. The number of pyridine rings is 1. The Bertz CT molecular complexity index is 1840. The molecule has 4 unspecified atom stereocenters. The van der Waals surface area contributed by atoms with Crippen LogP contribution in [0.5, 0.6) is 5.75 Å². The Balaban J connectivity index is 1.90. The summed E-state index contributed by atoms with van der Waals surface area (Å²) in [5.74, 6) is -0.0553. The van der Waals surface area contributed by atoms with Crippen LogP contribution < -0.4 is 10.7 Å². The van der Waals surface area contributed by atoms with Gasteiger partial charge in [0.2, 0.25) is 5.91 Å². The Morgan fingerprint density at radius 1 is 0.964 bits per heavy atom. The van der Waals surface area contributed by atoms with Crippen molar-refractivity contribution in [2.24, 2.45) is 23.2 Å². The maximum Gasteiger partial charge on any atom is 0.259 e. The molecule has 4 atom stereocenters. The maximum absolute atomic E-state index is 13.9. The van der Waals surface area contributed by atoms with E-state index in [9.17, 15) is 14.7 Å². The molecule has 0 spiro atoms. The summed E-state index contributed by atoms with van der Waals surface area (Å²) in [4.78, 5) is 32.3. The SMILES string of the molecule is CCc1cnc(C(C)OC)c(/C(=C(\CC(C)(C)CC)c2cc(-c3cc(O)cc(CC(NC(=O)C(C)C(C)C)C(=O)N4CCCCN4)c3)ccc2C)C(C)CC)c1. The molecular formula is C48H70N4O4. The lowest BCUT2D eigenvalue weighted by Gasteiger charge is -2.32. The standard InChI is InChI=1S/C48H70N4O4/c1-13-31(6)44(41-24-35(14-2)29-49-45(41)34(9)56-12)42(28-48(10,11)15-3)40-27-37(19-18-32(40)7)38-22-36(23-39(53)26-38)25-43(51-46(54)33(8)30(4)5)47(55)52-21-17-16-20-50-52/h18-19,22-24,26-27,29-31,33-34,43,50,53H,13-17,20-21,25,28H2,1-12H3,(H,51,54)/b44-42+. The molecule has 1 saturated heterocycles. The van der Waals surface area contributed by atoms with Crippen molar-refractivity contribution < 1.29 is 19.4 Å². The Hall–Kier alpha value is -4.01. The number of carbonyl (C=O) groups is 2. The van der Waals surface area contributed by atoms with E-state index >= 15 is 0 Å². The van der Waals surface area contributed by atoms with Gasteiger partial charge in [0.05, 0.1) is 11.8 Å². The van der Waals surface area contributed by atoms with Crippen LogP contribution in [-0.2, 0) is 27.2 Å². The van der Waals surface area contributed by atoms with Gasteiger partial charge in [-0.3, -0.25) is 19.6 Å². The number of phenolic OH excluding ortho intramolecular Hbond substituents is 1. The normalized spacial score (nSPS) is 16.3. The molecule has 0 radical (unpaired) electrons. The van der Waals surface area contributed by atoms with Crippen molar-refractivity contribution in [3.05, 3.63) is 82.2 Å². The highest BCUT2D eigenvalue weighted by molar-refractivity contribution is 5.94. The molecular weight excluding hydrogens is 697 g/mol. The first kappa shape index (κ1) is 44.7. The summed E-state index contributed by atoms with van der Waals surface area (Å²) in [6.07, 6.45) is 7.73. The second kappa shape index (κ2) is 19.9. The minimum absolute atomic E-state index is 0.0275. The van der Waals surface area contributed by atoms with Gasteiger partial charge in [0, 0.05) is 44.3 Å². The zero-order valence-corrected chi connectivity index (χ0v) is 36.4. The average Bonchev–Trinajstić information content (AvgIpc) is 3.19. The molecule has 2 amide bonds. The molecule has 2 aromatic carbocycles. The third kappa shape index (κ3) is 11.1. The number of hydrazine groups is 1. The van der Waals surface area contributed by atoms with Gasteiger partial charge < -0.3 is 15.2 Å². The fourth-order valence-electron chi connectivity index (χ4n) is 7.42. The molecule has 8 heteroatoms. The van der Waals surface area contributed by atoms with Crippen molar-refractivity contribution in [1.29, 1.82) is 0 Å². The van der Waals surface area contributed by atoms with Crippen molar-refractivity contribution in [3.63, 3.8) is 0 Å². The summed E-state index contributed by atoms with van der Waals surface area (Å²) in [7, 11) is 1.75. The van der Waals surface area contributed by atoms with E-state index in [1.165, 1.54) is 27.8 Å². The van der Waals surface area contributed by atoms with Crippen LogP contribution in [0.25, 0.3) is 22.3 Å². The van der Waals surface area contributed by atoms with Gasteiger partial charge in [0.25, 0.3) is 5.91 Å². The van der Waals surface area contributed by atoms with Gasteiger partial charge in [-0.05, 0) is 132 Å². The Labute approximate surface area is 337 Å². The zero-order chi connectivity index (χ0) is 41.3. The van der Waals surface area contributed by atoms with Crippen LogP contribution >= 0.6 is 0 Å². The second-order valence-electron chi connectivity index (χ2n) is 17.2. The summed E-state index contributed by atoms with van der Waals surface area (Å²) >= 11 is 0. The van der Waals surface area contributed by atoms with Crippen LogP contribution in [-0.4, -0.2) is 53.2 Å². The molecule has 8 nitrogen and oxygen atoms in total. The fraction of sp³-hybridized carbons (Fsp3) is 0.562. The van der Waals surface area contributed by atoms with Crippen LogP contribution in [0.15, 0.2) is 48.7 Å². The van der Waals surface area contributed by atoms with E-state index in [-0.39, 0.29) is 53.3 Å². The number of nitrogens with one attached hydrogen (secondary N) is 2. The lowest BCUT2D eigenvalue weighted by Crippen LogP contribution is -2.56. The summed E-state index contributed by atoms with van der Waals surface area (Å²) in [6.45, 7) is 25.2. The third-order valence-electron chi connectivity index (χ3n) is 12.2. The highest BCUT2D eigenvalue weighted by atomic mass is 16.5. The number of carbonyl (C=O) groups excluding carboxylic acids is 2. The Morgan fingerprint density at radius 2 is 1.70 bits per heavy atom. The molecule has 3 aromatic rings. The number of methoxy groups -OCH3 is 1. The van der Waals surface area contributed by atoms with Crippen molar-refractivity contribution in [3.8, 4) is 16.9 Å². The van der Waals surface area contributed by atoms with Crippen molar-refractivity contribution >= 4 is 23.0 Å². The number of amides is 2. The van der Waals surface area contributed by atoms with E-state index < -0.39 is 6.04 Å². The highest BCUT2D eigenvalue weighted by Gasteiger charge is 2.31. The van der Waals surface area contributed by atoms with E-state index in [1.54, 1.807) is 24.3 Å². The summed E-state index contributed by atoms with van der Waals surface area (Å²) in [5, 5.41) is 15.9. The monoisotopic (exact) mass is 767 g/mol. The molecule has 1 aliphatic rings. The van der Waals surface area contributed by atoms with Crippen molar-refractivity contribution in [1.82, 2.24) is 20.7 Å². The van der Waals surface area contributed by atoms with Gasteiger partial charge in [0.15, 0.2) is 0 Å². The Kier molecular flexibility index (Phi) is 15.9. The van der Waals surface area contributed by atoms with Crippen LogP contribution in [0.1, 0.15) is 141 Å². The van der Waals surface area contributed by atoms with Gasteiger partial charge >= 0.3 is 0 Å². The van der Waals surface area contributed by atoms with E-state index in [0.717, 1.165) is 73.0 Å². The highest BCUT2D eigenvalue weighted by Crippen LogP contribution is 2.45. The molecule has 0 aliphatic carbocycles. The fourth-order valence-corrected chi connectivity index (χ4v) is 7.42. The number of aryl methyl sites for hydroxylation is 2. The lowest BCUT2D eigenvalue weighted by molar-refractivity contribution is -0.141. The second-order valence-corrected chi connectivity index (χ2v) is 17.2. The average molecular weight is 767 g/mol. The summed E-state index contributed by atoms with van der Waals surface area (Å²) in [6, 6.07) is 13.7. The molecule has 0 bridgehead atoms. The molecule has 1 aliphatic heterocycles. The van der Waals surface area contributed by atoms with Crippen molar-refractivity contribution in [2.75, 3.05) is 20.2 Å². The van der Waals surface area contributed by atoms with Crippen LogP contribution in [0, 0.1) is 30.1 Å². The topological polar surface area (TPSA) is 104 Å². The molecule has 56 heavy (non-hydrogen) atoms. The number of nitrogens with zero attached hydrogens (tertiary/aromatic N) is 2. The summed E-state index contributed by atoms with van der Waals surface area (Å²) in [5.41, 5.74) is 14.2. The molecule has 2 heterocycles. The smallest absolute Gasteiger partial charge is 0.259 e. The van der Waals surface area contributed by atoms with Gasteiger partial charge in [-0.15, -0.1) is 0 Å². The predicted octanol–water partition coefficient (Wildman–Crippen LogP) is 10.3. The minimum atomic E-state index is -0.780. The van der Waals surface area contributed by atoms with Crippen LogP contribution in [0.3, 0.4) is 0 Å². The van der Waals surface area contributed by atoms with Crippen LogP contribution in [0.4, 0.5) is 0 Å². The Morgan fingerprint density at radius 3 is 2.30 bits per heavy atom. The number of benzene rings is 2. The van der Waals surface area contributed by atoms with Crippen molar-refractivity contribution in [2.45, 2.75) is 133 Å². The van der Waals surface area contributed by atoms with E-state index in [2.05, 4.69) is 96.5 Å². The summed E-state index contributed by atoms with van der Waals surface area (Å²) < 4.78 is 5.91.